The number of anilines is 1. The van der Waals surface area contributed by atoms with Crippen LogP contribution in [0.3, 0.4) is 0 Å². The summed E-state index contributed by atoms with van der Waals surface area (Å²) in [5.74, 6) is -0.284. The number of nitrogens with zero attached hydrogens (tertiary/aromatic N) is 1. The smallest absolute Gasteiger partial charge is 0.341 e. The van der Waals surface area contributed by atoms with Crippen LogP contribution in [0.1, 0.15) is 29.7 Å². The van der Waals surface area contributed by atoms with Gasteiger partial charge in [0, 0.05) is 11.3 Å². The van der Waals surface area contributed by atoms with Crippen LogP contribution in [0.5, 0.6) is 0 Å². The summed E-state index contributed by atoms with van der Waals surface area (Å²) in [6, 6.07) is 45.1. The van der Waals surface area contributed by atoms with E-state index in [1.165, 1.54) is 0 Å². The molecule has 6 rings (SSSR count). The SMILES string of the molecule is CCOC(=O)C1(c2cccc3ccccc23)C(c2ccccc2)=CC(c2ccccc2)N1c1ccccc1. The first-order valence-corrected chi connectivity index (χ1v) is 13.1. The fraction of sp³-hybridized carbons (Fsp3) is 0.114. The Labute approximate surface area is 223 Å². The molecule has 0 N–H and O–H groups in total. The van der Waals surface area contributed by atoms with Gasteiger partial charge in [-0.2, -0.15) is 0 Å². The minimum absolute atomic E-state index is 0.197. The van der Waals surface area contributed by atoms with Crippen molar-refractivity contribution >= 4 is 28.0 Å². The first kappa shape index (κ1) is 23.7. The van der Waals surface area contributed by atoms with E-state index in [-0.39, 0.29) is 18.6 Å². The van der Waals surface area contributed by atoms with Crippen molar-refractivity contribution in [3.63, 3.8) is 0 Å². The summed E-state index contributed by atoms with van der Waals surface area (Å²) < 4.78 is 6.00. The number of carbonyl (C=O) groups excluding carboxylic acids is 1. The van der Waals surface area contributed by atoms with Crippen LogP contribution in [-0.4, -0.2) is 12.6 Å². The zero-order chi connectivity index (χ0) is 26.0. The predicted molar refractivity (Wildman–Crippen MR) is 155 cm³/mol. The van der Waals surface area contributed by atoms with Gasteiger partial charge < -0.3 is 9.64 Å². The summed E-state index contributed by atoms with van der Waals surface area (Å²) in [6.07, 6.45) is 2.25. The molecule has 0 fully saturated rings. The molecule has 0 radical (unpaired) electrons. The monoisotopic (exact) mass is 495 g/mol. The molecule has 38 heavy (non-hydrogen) atoms. The van der Waals surface area contributed by atoms with Crippen LogP contribution in [0, 0.1) is 0 Å². The van der Waals surface area contributed by atoms with E-state index in [4.69, 9.17) is 4.74 Å². The average molecular weight is 496 g/mol. The van der Waals surface area contributed by atoms with Crippen LogP contribution >= 0.6 is 0 Å². The van der Waals surface area contributed by atoms with Crippen molar-refractivity contribution in [3.8, 4) is 0 Å². The highest BCUT2D eigenvalue weighted by Gasteiger charge is 2.57. The fourth-order valence-electron chi connectivity index (χ4n) is 5.82. The van der Waals surface area contributed by atoms with Crippen LogP contribution in [0.2, 0.25) is 0 Å². The van der Waals surface area contributed by atoms with Crippen LogP contribution in [0.15, 0.2) is 140 Å². The molecular formula is C35H29NO2. The maximum Gasteiger partial charge on any atom is 0.341 e. The first-order chi connectivity index (χ1) is 18.7. The normalized spacial score (nSPS) is 18.8. The third-order valence-electron chi connectivity index (χ3n) is 7.36. The van der Waals surface area contributed by atoms with E-state index in [2.05, 4.69) is 83.8 Å². The molecule has 0 spiro atoms. The Hall–Kier alpha value is -4.63. The highest BCUT2D eigenvalue weighted by molar-refractivity contribution is 6.08. The van der Waals surface area contributed by atoms with Gasteiger partial charge in [-0.05, 0) is 46.5 Å². The molecule has 1 heterocycles. The number of carbonyl (C=O) groups is 1. The van der Waals surface area contributed by atoms with Gasteiger partial charge >= 0.3 is 5.97 Å². The molecule has 0 bridgehead atoms. The van der Waals surface area contributed by atoms with E-state index in [0.29, 0.717) is 0 Å². The summed E-state index contributed by atoms with van der Waals surface area (Å²) in [4.78, 5) is 16.9. The quantitative estimate of drug-likeness (QED) is 0.224. The standard InChI is InChI=1S/C35H29NO2/c1-2-38-34(37)35(31-24-14-20-26-15-12-13-23-30(26)31)32(27-16-6-3-7-17-27)25-33(28-18-8-4-9-19-28)36(35)29-21-10-5-11-22-29/h3-25,33H,2H2,1H3. The molecule has 0 amide bonds. The molecule has 0 aromatic heterocycles. The largest absolute Gasteiger partial charge is 0.464 e. The molecule has 0 saturated carbocycles. The van der Waals surface area contributed by atoms with Crippen molar-refractivity contribution in [1.82, 2.24) is 0 Å². The molecule has 2 unspecified atom stereocenters. The van der Waals surface area contributed by atoms with Gasteiger partial charge in [0.1, 0.15) is 0 Å². The van der Waals surface area contributed by atoms with Gasteiger partial charge in [0.25, 0.3) is 0 Å². The molecule has 5 aromatic carbocycles. The van der Waals surface area contributed by atoms with E-state index in [1.807, 2.05) is 67.6 Å². The lowest BCUT2D eigenvalue weighted by Crippen LogP contribution is -2.52. The number of hydrogen-bond donors (Lipinski definition) is 0. The first-order valence-electron chi connectivity index (χ1n) is 13.1. The molecular weight excluding hydrogens is 466 g/mol. The van der Waals surface area contributed by atoms with Crippen molar-refractivity contribution in [1.29, 1.82) is 0 Å². The lowest BCUT2D eigenvalue weighted by Gasteiger charge is -2.44. The van der Waals surface area contributed by atoms with E-state index in [0.717, 1.165) is 38.7 Å². The van der Waals surface area contributed by atoms with Gasteiger partial charge in [-0.3, -0.25) is 0 Å². The summed E-state index contributed by atoms with van der Waals surface area (Å²) in [5.41, 5.74) is 3.66. The zero-order valence-electron chi connectivity index (χ0n) is 21.3. The second-order valence-corrected chi connectivity index (χ2v) is 9.47. The molecule has 0 saturated heterocycles. The second-order valence-electron chi connectivity index (χ2n) is 9.47. The molecule has 2 atom stereocenters. The van der Waals surface area contributed by atoms with Crippen molar-refractivity contribution in [3.05, 3.63) is 156 Å². The molecule has 3 nitrogen and oxygen atoms in total. The molecule has 186 valence electrons. The number of fused-ring (bicyclic) bond motifs is 1. The number of para-hydroxylation sites is 1. The Balaban J connectivity index is 1.76. The predicted octanol–water partition coefficient (Wildman–Crippen LogP) is 7.94. The van der Waals surface area contributed by atoms with Gasteiger partial charge in [0.05, 0.1) is 12.6 Å². The van der Waals surface area contributed by atoms with Crippen molar-refractivity contribution < 1.29 is 9.53 Å². The van der Waals surface area contributed by atoms with Gasteiger partial charge in [-0.1, -0.05) is 127 Å². The molecule has 5 aromatic rings. The van der Waals surface area contributed by atoms with Crippen LogP contribution < -0.4 is 4.90 Å². The number of rotatable bonds is 6. The van der Waals surface area contributed by atoms with Gasteiger partial charge in [0.15, 0.2) is 5.54 Å². The third kappa shape index (κ3) is 3.79. The summed E-state index contributed by atoms with van der Waals surface area (Å²) in [5, 5.41) is 2.11. The number of ether oxygens (including phenoxy) is 1. The topological polar surface area (TPSA) is 29.5 Å². The molecule has 1 aliphatic rings. The zero-order valence-corrected chi connectivity index (χ0v) is 21.3. The van der Waals surface area contributed by atoms with Crippen molar-refractivity contribution in [2.24, 2.45) is 0 Å². The van der Waals surface area contributed by atoms with E-state index in [1.54, 1.807) is 0 Å². The minimum atomic E-state index is -1.22. The van der Waals surface area contributed by atoms with Gasteiger partial charge in [0.2, 0.25) is 0 Å². The van der Waals surface area contributed by atoms with Crippen LogP contribution in [-0.2, 0) is 15.1 Å². The minimum Gasteiger partial charge on any atom is -0.464 e. The highest BCUT2D eigenvalue weighted by Crippen LogP contribution is 2.56. The molecule has 3 heteroatoms. The maximum atomic E-state index is 14.7. The average Bonchev–Trinajstić information content (AvgIpc) is 3.35. The second kappa shape index (κ2) is 10.0. The molecule has 0 aliphatic carbocycles. The van der Waals surface area contributed by atoms with Crippen molar-refractivity contribution in [2.45, 2.75) is 18.5 Å². The summed E-state index contributed by atoms with van der Waals surface area (Å²) in [7, 11) is 0. The Morgan fingerprint density at radius 1 is 0.737 bits per heavy atom. The number of esters is 1. The lowest BCUT2D eigenvalue weighted by atomic mass is 9.77. The third-order valence-corrected chi connectivity index (χ3v) is 7.36. The Kier molecular flexibility index (Phi) is 6.27. The number of benzene rings is 5. The van der Waals surface area contributed by atoms with Crippen LogP contribution in [0.25, 0.3) is 16.3 Å². The number of hydrogen-bond acceptors (Lipinski definition) is 3. The fourth-order valence-corrected chi connectivity index (χ4v) is 5.82. The Morgan fingerprint density at radius 2 is 1.34 bits per heavy atom. The lowest BCUT2D eigenvalue weighted by molar-refractivity contribution is -0.147. The summed E-state index contributed by atoms with van der Waals surface area (Å²) >= 11 is 0. The molecule has 1 aliphatic heterocycles. The van der Waals surface area contributed by atoms with Crippen molar-refractivity contribution in [2.75, 3.05) is 11.5 Å². The van der Waals surface area contributed by atoms with E-state index >= 15 is 0 Å². The highest BCUT2D eigenvalue weighted by atomic mass is 16.5. The summed E-state index contributed by atoms with van der Waals surface area (Å²) in [6.45, 7) is 2.16. The Bertz CT molecular complexity index is 1590. The van der Waals surface area contributed by atoms with Crippen LogP contribution in [0.4, 0.5) is 5.69 Å². The van der Waals surface area contributed by atoms with Gasteiger partial charge in [-0.15, -0.1) is 0 Å². The Morgan fingerprint density at radius 3 is 2.05 bits per heavy atom. The van der Waals surface area contributed by atoms with E-state index in [9.17, 15) is 4.79 Å². The van der Waals surface area contributed by atoms with E-state index < -0.39 is 5.54 Å². The maximum absolute atomic E-state index is 14.7. The van der Waals surface area contributed by atoms with Gasteiger partial charge in [-0.25, -0.2) is 4.79 Å².